The van der Waals surface area contributed by atoms with E-state index < -0.39 is 0 Å². The third-order valence-corrected chi connectivity index (χ3v) is 2.89. The molecule has 0 saturated heterocycles. The Morgan fingerprint density at radius 2 is 2.05 bits per heavy atom. The fraction of sp³-hybridized carbons (Fsp3) is 0.500. The van der Waals surface area contributed by atoms with Gasteiger partial charge in [-0.05, 0) is 38.3 Å². The van der Waals surface area contributed by atoms with E-state index in [1.54, 1.807) is 13.0 Å². The number of benzene rings is 1. The summed E-state index contributed by atoms with van der Waals surface area (Å²) in [5.74, 6) is 0.0291. The Bertz CT molecular complexity index is 389. The van der Waals surface area contributed by atoms with Gasteiger partial charge in [0.2, 0.25) is 0 Å². The molecular formula is C14H18BrFO3. The zero-order valence-electron chi connectivity index (χ0n) is 11.0. The van der Waals surface area contributed by atoms with E-state index in [-0.39, 0.29) is 11.8 Å². The van der Waals surface area contributed by atoms with E-state index in [1.807, 2.05) is 0 Å². The molecule has 0 aliphatic carbocycles. The lowest BCUT2D eigenvalue weighted by Gasteiger charge is -2.06. The summed E-state index contributed by atoms with van der Waals surface area (Å²) in [6.07, 6.45) is 2.94. The summed E-state index contributed by atoms with van der Waals surface area (Å²) >= 11 is 3.21. The van der Waals surface area contributed by atoms with Gasteiger partial charge in [-0.25, -0.2) is 4.39 Å². The van der Waals surface area contributed by atoms with Crippen LogP contribution in [0.3, 0.4) is 0 Å². The molecule has 0 heterocycles. The summed E-state index contributed by atoms with van der Waals surface area (Å²) in [6.45, 7) is 2.73. The second-order valence-electron chi connectivity index (χ2n) is 4.07. The monoisotopic (exact) mass is 332 g/mol. The van der Waals surface area contributed by atoms with Gasteiger partial charge in [-0.1, -0.05) is 15.9 Å². The third-order valence-electron chi connectivity index (χ3n) is 2.44. The van der Waals surface area contributed by atoms with Gasteiger partial charge in [0.15, 0.2) is 0 Å². The van der Waals surface area contributed by atoms with Crippen LogP contribution in [0, 0.1) is 5.82 Å². The molecule has 1 aromatic carbocycles. The second kappa shape index (κ2) is 8.91. The normalized spacial score (nSPS) is 10.3. The van der Waals surface area contributed by atoms with Crippen LogP contribution < -0.4 is 4.74 Å². The Morgan fingerprint density at radius 3 is 2.74 bits per heavy atom. The smallest absolute Gasteiger partial charge is 0.305 e. The Balaban J connectivity index is 2.12. The highest BCUT2D eigenvalue weighted by molar-refractivity contribution is 9.10. The molecule has 0 atom stereocenters. The van der Waals surface area contributed by atoms with Crippen molar-refractivity contribution in [1.29, 1.82) is 0 Å². The third kappa shape index (κ3) is 7.15. The van der Waals surface area contributed by atoms with Crippen molar-refractivity contribution in [1.82, 2.24) is 0 Å². The SMILES string of the molecule is CCOC(=O)CCCCCOc1cc(F)cc(Br)c1. The van der Waals surface area contributed by atoms with Crippen molar-refractivity contribution in [3.05, 3.63) is 28.5 Å². The number of hydrogen-bond donors (Lipinski definition) is 0. The lowest BCUT2D eigenvalue weighted by Crippen LogP contribution is -2.04. The first-order chi connectivity index (χ1) is 9.11. The summed E-state index contributed by atoms with van der Waals surface area (Å²) in [7, 11) is 0. The topological polar surface area (TPSA) is 35.5 Å². The maximum Gasteiger partial charge on any atom is 0.305 e. The molecule has 5 heteroatoms. The molecular weight excluding hydrogens is 315 g/mol. The first kappa shape index (κ1) is 16.0. The number of unbranched alkanes of at least 4 members (excludes halogenated alkanes) is 2. The van der Waals surface area contributed by atoms with Gasteiger partial charge >= 0.3 is 5.97 Å². The van der Waals surface area contributed by atoms with Crippen molar-refractivity contribution in [2.75, 3.05) is 13.2 Å². The average Bonchev–Trinajstić information content (AvgIpc) is 2.32. The molecule has 0 spiro atoms. The highest BCUT2D eigenvalue weighted by Gasteiger charge is 2.02. The van der Waals surface area contributed by atoms with E-state index in [0.717, 1.165) is 19.3 Å². The van der Waals surface area contributed by atoms with Gasteiger partial charge in [-0.3, -0.25) is 4.79 Å². The Kier molecular flexibility index (Phi) is 7.48. The molecule has 1 aromatic rings. The van der Waals surface area contributed by atoms with Gasteiger partial charge in [-0.2, -0.15) is 0 Å². The van der Waals surface area contributed by atoms with Gasteiger partial charge in [-0.15, -0.1) is 0 Å². The molecule has 0 aliphatic heterocycles. The lowest BCUT2D eigenvalue weighted by atomic mass is 10.2. The van der Waals surface area contributed by atoms with Crippen molar-refractivity contribution in [2.45, 2.75) is 32.6 Å². The zero-order valence-corrected chi connectivity index (χ0v) is 12.5. The van der Waals surface area contributed by atoms with E-state index in [1.165, 1.54) is 12.1 Å². The van der Waals surface area contributed by atoms with Gasteiger partial charge in [0.25, 0.3) is 0 Å². The number of carbonyl (C=O) groups is 1. The first-order valence-corrected chi connectivity index (χ1v) is 7.15. The minimum Gasteiger partial charge on any atom is -0.493 e. The largest absolute Gasteiger partial charge is 0.493 e. The van der Waals surface area contributed by atoms with Crippen LogP contribution in [-0.4, -0.2) is 19.2 Å². The number of esters is 1. The quantitative estimate of drug-likeness (QED) is 0.531. The lowest BCUT2D eigenvalue weighted by molar-refractivity contribution is -0.143. The minimum atomic E-state index is -0.327. The molecule has 19 heavy (non-hydrogen) atoms. The number of ether oxygens (including phenoxy) is 2. The molecule has 0 radical (unpaired) electrons. The van der Waals surface area contributed by atoms with Gasteiger partial charge in [0.05, 0.1) is 13.2 Å². The number of hydrogen-bond acceptors (Lipinski definition) is 3. The first-order valence-electron chi connectivity index (χ1n) is 6.36. The molecule has 1 rings (SSSR count). The predicted octanol–water partition coefficient (Wildman–Crippen LogP) is 4.09. The van der Waals surface area contributed by atoms with E-state index in [0.29, 0.717) is 29.9 Å². The van der Waals surface area contributed by atoms with Crippen molar-refractivity contribution in [3.8, 4) is 5.75 Å². The summed E-state index contributed by atoms with van der Waals surface area (Å²) in [5.41, 5.74) is 0. The van der Waals surface area contributed by atoms with E-state index >= 15 is 0 Å². The van der Waals surface area contributed by atoms with E-state index in [9.17, 15) is 9.18 Å². The Morgan fingerprint density at radius 1 is 1.26 bits per heavy atom. The highest BCUT2D eigenvalue weighted by Crippen LogP contribution is 2.20. The van der Waals surface area contributed by atoms with Crippen LogP contribution in [-0.2, 0) is 9.53 Å². The van der Waals surface area contributed by atoms with Gasteiger partial charge < -0.3 is 9.47 Å². The second-order valence-corrected chi connectivity index (χ2v) is 4.98. The van der Waals surface area contributed by atoms with Gasteiger partial charge in [0, 0.05) is 17.0 Å². The van der Waals surface area contributed by atoms with Crippen LogP contribution in [0.4, 0.5) is 4.39 Å². The molecule has 106 valence electrons. The summed E-state index contributed by atoms with van der Waals surface area (Å²) in [4.78, 5) is 11.1. The van der Waals surface area contributed by atoms with Gasteiger partial charge in [0.1, 0.15) is 11.6 Å². The van der Waals surface area contributed by atoms with Crippen molar-refractivity contribution in [2.24, 2.45) is 0 Å². The number of halogens is 2. The fourth-order valence-electron chi connectivity index (χ4n) is 1.58. The molecule has 0 fully saturated rings. The molecule has 0 aromatic heterocycles. The predicted molar refractivity (Wildman–Crippen MR) is 74.7 cm³/mol. The van der Waals surface area contributed by atoms with Crippen molar-refractivity contribution < 1.29 is 18.7 Å². The molecule has 3 nitrogen and oxygen atoms in total. The maximum absolute atomic E-state index is 13.1. The van der Waals surface area contributed by atoms with Crippen molar-refractivity contribution >= 4 is 21.9 Å². The highest BCUT2D eigenvalue weighted by atomic mass is 79.9. The van der Waals surface area contributed by atoms with Crippen molar-refractivity contribution in [3.63, 3.8) is 0 Å². The minimum absolute atomic E-state index is 0.155. The van der Waals surface area contributed by atoms with Crippen LogP contribution in [0.25, 0.3) is 0 Å². The number of carbonyl (C=O) groups excluding carboxylic acids is 1. The molecule has 0 bridgehead atoms. The standard InChI is InChI=1S/C14H18BrFO3/c1-2-18-14(17)6-4-3-5-7-19-13-9-11(15)8-12(16)10-13/h8-10H,2-7H2,1H3. The number of rotatable bonds is 8. The van der Waals surface area contributed by atoms with E-state index in [2.05, 4.69) is 15.9 Å². The molecule has 0 saturated carbocycles. The molecule has 0 aliphatic rings. The van der Waals surface area contributed by atoms with Crippen LogP contribution in [0.1, 0.15) is 32.6 Å². The Hall–Kier alpha value is -1.10. The maximum atomic E-state index is 13.1. The molecule has 0 N–H and O–H groups in total. The molecule has 0 unspecified atom stereocenters. The summed E-state index contributed by atoms with van der Waals surface area (Å²) in [6, 6.07) is 4.46. The van der Waals surface area contributed by atoms with Crippen LogP contribution in [0.15, 0.2) is 22.7 Å². The average molecular weight is 333 g/mol. The Labute approximate surface area is 121 Å². The molecule has 0 amide bonds. The zero-order chi connectivity index (χ0) is 14.1. The van der Waals surface area contributed by atoms with E-state index in [4.69, 9.17) is 9.47 Å². The van der Waals surface area contributed by atoms with Crippen LogP contribution >= 0.6 is 15.9 Å². The summed E-state index contributed by atoms with van der Waals surface area (Å²) < 4.78 is 24.0. The summed E-state index contributed by atoms with van der Waals surface area (Å²) in [5, 5.41) is 0. The van der Waals surface area contributed by atoms with Crippen LogP contribution in [0.2, 0.25) is 0 Å². The fourth-order valence-corrected chi connectivity index (χ4v) is 2.03. The van der Waals surface area contributed by atoms with Crippen LogP contribution in [0.5, 0.6) is 5.75 Å².